The fourth-order valence-electron chi connectivity index (χ4n) is 3.41. The number of hydrogen-bond acceptors (Lipinski definition) is 5. The molecule has 2 rings (SSSR count). The molecule has 1 aromatic carbocycles. The van der Waals surface area contributed by atoms with Crippen molar-refractivity contribution in [2.24, 2.45) is 0 Å². The maximum absolute atomic E-state index is 12.4. The minimum Gasteiger partial charge on any atom is -0.456 e. The van der Waals surface area contributed by atoms with E-state index in [4.69, 9.17) is 4.74 Å². The number of carbonyl (C=O) groups excluding carboxylic acids is 2. The van der Waals surface area contributed by atoms with Gasteiger partial charge in [-0.05, 0) is 38.8 Å². The number of ether oxygens (including phenoxy) is 1. The van der Waals surface area contributed by atoms with E-state index in [0.717, 1.165) is 31.2 Å². The van der Waals surface area contributed by atoms with E-state index in [9.17, 15) is 18.0 Å². The van der Waals surface area contributed by atoms with Gasteiger partial charge >= 0.3 is 5.97 Å². The first kappa shape index (κ1) is 21.4. The molecule has 0 saturated heterocycles. The summed E-state index contributed by atoms with van der Waals surface area (Å²) in [6.45, 7) is 4.05. The van der Waals surface area contributed by atoms with Gasteiger partial charge in [0, 0.05) is 12.6 Å². The monoisotopic (exact) mass is 395 g/mol. The zero-order valence-corrected chi connectivity index (χ0v) is 17.0. The van der Waals surface area contributed by atoms with E-state index >= 15 is 0 Å². The molecule has 1 aliphatic carbocycles. The molecule has 1 amide bonds. The van der Waals surface area contributed by atoms with Gasteiger partial charge in [0.2, 0.25) is 0 Å². The number of sulfone groups is 1. The molecule has 7 heteroatoms. The van der Waals surface area contributed by atoms with Crippen molar-refractivity contribution >= 4 is 21.7 Å². The molecule has 1 aliphatic rings. The molecule has 0 atom stereocenters. The molecule has 0 unspecified atom stereocenters. The van der Waals surface area contributed by atoms with E-state index in [1.54, 1.807) is 17.0 Å². The third kappa shape index (κ3) is 6.34. The van der Waals surface area contributed by atoms with E-state index in [-0.39, 0.29) is 35.6 Å². The lowest BCUT2D eigenvalue weighted by molar-refractivity contribution is -0.152. The fraction of sp³-hybridized carbons (Fsp3) is 0.600. The smallest absolute Gasteiger partial charge is 0.307 e. The summed E-state index contributed by atoms with van der Waals surface area (Å²) < 4.78 is 29.6. The van der Waals surface area contributed by atoms with Crippen molar-refractivity contribution in [3.05, 3.63) is 29.8 Å². The quantitative estimate of drug-likeness (QED) is 0.632. The molecule has 150 valence electrons. The van der Waals surface area contributed by atoms with Gasteiger partial charge in [-0.25, -0.2) is 8.42 Å². The van der Waals surface area contributed by atoms with Crippen LogP contribution >= 0.6 is 0 Å². The third-order valence-electron chi connectivity index (χ3n) is 4.99. The van der Waals surface area contributed by atoms with Crippen molar-refractivity contribution in [1.82, 2.24) is 4.90 Å². The molecule has 1 saturated carbocycles. The van der Waals surface area contributed by atoms with Crippen molar-refractivity contribution in [2.75, 3.05) is 18.9 Å². The van der Waals surface area contributed by atoms with Crippen LogP contribution in [0.25, 0.3) is 0 Å². The van der Waals surface area contributed by atoms with Gasteiger partial charge in [-0.3, -0.25) is 9.59 Å². The highest BCUT2D eigenvalue weighted by atomic mass is 32.2. The maximum Gasteiger partial charge on any atom is 0.307 e. The maximum atomic E-state index is 12.4. The molecule has 0 aliphatic heterocycles. The Morgan fingerprint density at radius 1 is 1.11 bits per heavy atom. The van der Waals surface area contributed by atoms with Crippen molar-refractivity contribution < 1.29 is 22.7 Å². The second-order valence-electron chi connectivity index (χ2n) is 7.01. The summed E-state index contributed by atoms with van der Waals surface area (Å²) in [4.78, 5) is 26.2. The topological polar surface area (TPSA) is 80.8 Å². The molecular formula is C20H29NO5S. The highest BCUT2D eigenvalue weighted by molar-refractivity contribution is 7.91. The summed E-state index contributed by atoms with van der Waals surface area (Å²) in [5.74, 6) is -1.21. The highest BCUT2D eigenvalue weighted by Gasteiger charge is 2.25. The minimum atomic E-state index is -3.54. The first-order valence-corrected chi connectivity index (χ1v) is 11.2. The summed E-state index contributed by atoms with van der Waals surface area (Å²) in [6.07, 6.45) is 5.15. The summed E-state index contributed by atoms with van der Waals surface area (Å²) in [6, 6.07) is 6.71. The average Bonchev–Trinajstić information content (AvgIpc) is 2.66. The van der Waals surface area contributed by atoms with Crippen LogP contribution in [0.15, 0.2) is 29.2 Å². The molecule has 0 aromatic heterocycles. The molecule has 27 heavy (non-hydrogen) atoms. The predicted octanol–water partition coefficient (Wildman–Crippen LogP) is 2.88. The Morgan fingerprint density at radius 3 is 2.33 bits per heavy atom. The SMILES string of the molecule is CCN(C(=O)COC(=O)CCS(=O)(=O)c1ccc(C)cc1)C1CCCCC1. The highest BCUT2D eigenvalue weighted by Crippen LogP contribution is 2.22. The number of benzene rings is 1. The molecule has 0 spiro atoms. The Morgan fingerprint density at radius 2 is 1.74 bits per heavy atom. The van der Waals surface area contributed by atoms with Crippen LogP contribution in [-0.4, -0.2) is 50.1 Å². The molecule has 0 heterocycles. The molecule has 0 bridgehead atoms. The molecule has 1 fully saturated rings. The van der Waals surface area contributed by atoms with Gasteiger partial charge in [0.25, 0.3) is 5.91 Å². The Kier molecular flexibility index (Phi) is 7.83. The first-order chi connectivity index (χ1) is 12.8. The molecule has 0 N–H and O–H groups in total. The van der Waals surface area contributed by atoms with E-state index in [1.807, 2.05) is 13.8 Å². The standard InChI is InChI=1S/C20H29NO5S/c1-3-21(17-7-5-4-6-8-17)19(22)15-26-20(23)13-14-27(24,25)18-11-9-16(2)10-12-18/h9-12,17H,3-8,13-15H2,1-2H3. The van der Waals surface area contributed by atoms with Gasteiger partial charge in [0.05, 0.1) is 17.1 Å². The zero-order valence-electron chi connectivity index (χ0n) is 16.1. The van der Waals surface area contributed by atoms with Gasteiger partial charge in [-0.2, -0.15) is 0 Å². The van der Waals surface area contributed by atoms with E-state index < -0.39 is 15.8 Å². The number of aryl methyl sites for hydroxylation is 1. The van der Waals surface area contributed by atoms with E-state index in [2.05, 4.69) is 0 Å². The lowest BCUT2D eigenvalue weighted by atomic mass is 9.94. The van der Waals surface area contributed by atoms with Crippen LogP contribution in [0.2, 0.25) is 0 Å². The van der Waals surface area contributed by atoms with Gasteiger partial charge in [-0.15, -0.1) is 0 Å². The molecule has 1 aromatic rings. The van der Waals surface area contributed by atoms with Crippen LogP contribution in [0.5, 0.6) is 0 Å². The second-order valence-corrected chi connectivity index (χ2v) is 9.12. The average molecular weight is 396 g/mol. The lowest BCUT2D eigenvalue weighted by Gasteiger charge is -2.33. The fourth-order valence-corrected chi connectivity index (χ4v) is 4.63. The largest absolute Gasteiger partial charge is 0.456 e. The van der Waals surface area contributed by atoms with Crippen molar-refractivity contribution in [1.29, 1.82) is 0 Å². The van der Waals surface area contributed by atoms with Crippen LogP contribution in [0, 0.1) is 6.92 Å². The van der Waals surface area contributed by atoms with E-state index in [0.29, 0.717) is 6.54 Å². The van der Waals surface area contributed by atoms with Gasteiger partial charge < -0.3 is 9.64 Å². The molecular weight excluding hydrogens is 366 g/mol. The van der Waals surface area contributed by atoms with Gasteiger partial charge in [0.1, 0.15) is 0 Å². The van der Waals surface area contributed by atoms with Crippen LogP contribution in [-0.2, 0) is 24.2 Å². The Hall–Kier alpha value is -1.89. The van der Waals surface area contributed by atoms with E-state index in [1.165, 1.54) is 18.6 Å². The lowest BCUT2D eigenvalue weighted by Crippen LogP contribution is -2.43. The summed E-state index contributed by atoms with van der Waals surface area (Å²) in [7, 11) is -3.54. The Labute approximate surface area is 161 Å². The van der Waals surface area contributed by atoms with Crippen LogP contribution in [0.3, 0.4) is 0 Å². The minimum absolute atomic E-state index is 0.187. The summed E-state index contributed by atoms with van der Waals surface area (Å²) in [5, 5.41) is 0. The first-order valence-electron chi connectivity index (χ1n) is 9.58. The number of hydrogen-bond donors (Lipinski definition) is 0. The predicted molar refractivity (Wildman–Crippen MR) is 103 cm³/mol. The number of rotatable bonds is 8. The number of esters is 1. The Balaban J connectivity index is 1.81. The van der Waals surface area contributed by atoms with Gasteiger partial charge in [-0.1, -0.05) is 37.0 Å². The Bertz CT molecular complexity index is 736. The normalized spacial score (nSPS) is 15.3. The van der Waals surface area contributed by atoms with Crippen LogP contribution < -0.4 is 0 Å². The second kappa shape index (κ2) is 9.88. The molecule has 0 radical (unpaired) electrons. The van der Waals surface area contributed by atoms with Crippen molar-refractivity contribution in [3.8, 4) is 0 Å². The van der Waals surface area contributed by atoms with Gasteiger partial charge in [0.15, 0.2) is 16.4 Å². The summed E-state index contributed by atoms with van der Waals surface area (Å²) in [5.41, 5.74) is 0.963. The number of likely N-dealkylation sites (N-methyl/N-ethyl adjacent to an activating group) is 1. The van der Waals surface area contributed by atoms with Crippen molar-refractivity contribution in [2.45, 2.75) is 63.3 Å². The number of carbonyl (C=O) groups is 2. The molecule has 6 nitrogen and oxygen atoms in total. The number of nitrogens with zero attached hydrogens (tertiary/aromatic N) is 1. The summed E-state index contributed by atoms with van der Waals surface area (Å²) >= 11 is 0. The third-order valence-corrected chi connectivity index (χ3v) is 6.72. The zero-order chi connectivity index (χ0) is 19.9. The van der Waals surface area contributed by atoms with Crippen LogP contribution in [0.4, 0.5) is 0 Å². The van der Waals surface area contributed by atoms with Crippen molar-refractivity contribution in [3.63, 3.8) is 0 Å². The van der Waals surface area contributed by atoms with Crippen LogP contribution in [0.1, 0.15) is 51.0 Å². The number of amides is 1.